The molecule has 0 unspecified atom stereocenters. The van der Waals surface area contributed by atoms with Gasteiger partial charge in [0.05, 0.1) is 6.61 Å². The third kappa shape index (κ3) is 5.63. The lowest BCUT2D eigenvalue weighted by molar-refractivity contribution is -0.120. The Morgan fingerprint density at radius 2 is 1.80 bits per heavy atom. The maximum atomic E-state index is 12.3. The number of anilines is 1. The zero-order valence-corrected chi connectivity index (χ0v) is 14.7. The van der Waals surface area contributed by atoms with Gasteiger partial charge in [-0.05, 0) is 43.4 Å². The molecule has 0 spiro atoms. The van der Waals surface area contributed by atoms with Gasteiger partial charge >= 0.3 is 0 Å². The quantitative estimate of drug-likeness (QED) is 0.704. The monoisotopic (exact) mass is 337 g/mol. The van der Waals surface area contributed by atoms with Crippen LogP contribution in [0.25, 0.3) is 0 Å². The highest BCUT2D eigenvalue weighted by Gasteiger charge is 2.21. The molecule has 0 atom stereocenters. The zero-order chi connectivity index (χ0) is 17.3. The van der Waals surface area contributed by atoms with Crippen molar-refractivity contribution in [2.45, 2.75) is 44.9 Å². The summed E-state index contributed by atoms with van der Waals surface area (Å²) in [7, 11) is 0. The molecule has 0 aromatic heterocycles. The lowest BCUT2D eigenvalue weighted by Gasteiger charge is -2.20. The van der Waals surface area contributed by atoms with Gasteiger partial charge in [-0.15, -0.1) is 0 Å². The maximum Gasteiger partial charge on any atom is 0.227 e. The van der Waals surface area contributed by atoms with Crippen molar-refractivity contribution >= 4 is 11.6 Å². The SMILES string of the molecule is O=C(Nc1cccc(OCCCc2ccccc2)c1)C1CCCCC1. The summed E-state index contributed by atoms with van der Waals surface area (Å²) in [6, 6.07) is 18.2. The maximum absolute atomic E-state index is 12.3. The van der Waals surface area contributed by atoms with Crippen molar-refractivity contribution in [3.05, 3.63) is 60.2 Å². The van der Waals surface area contributed by atoms with Crippen LogP contribution in [0.1, 0.15) is 44.1 Å². The molecule has 0 saturated heterocycles. The van der Waals surface area contributed by atoms with Crippen molar-refractivity contribution in [2.24, 2.45) is 5.92 Å². The fourth-order valence-electron chi connectivity index (χ4n) is 3.38. The van der Waals surface area contributed by atoms with Gasteiger partial charge in [-0.2, -0.15) is 0 Å². The Bertz CT molecular complexity index is 663. The molecule has 3 nitrogen and oxygen atoms in total. The molecule has 1 aliphatic carbocycles. The Morgan fingerprint density at radius 1 is 1.00 bits per heavy atom. The summed E-state index contributed by atoms with van der Waals surface area (Å²) in [6.45, 7) is 0.676. The second kappa shape index (κ2) is 9.26. The largest absolute Gasteiger partial charge is 0.494 e. The topological polar surface area (TPSA) is 38.3 Å². The summed E-state index contributed by atoms with van der Waals surface area (Å²) in [6.07, 6.45) is 7.62. The lowest BCUT2D eigenvalue weighted by atomic mass is 9.88. The molecule has 3 rings (SSSR count). The first-order valence-electron chi connectivity index (χ1n) is 9.39. The van der Waals surface area contributed by atoms with Crippen LogP contribution in [0.5, 0.6) is 5.75 Å². The highest BCUT2D eigenvalue weighted by molar-refractivity contribution is 5.92. The number of amides is 1. The second-order valence-corrected chi connectivity index (χ2v) is 6.79. The van der Waals surface area contributed by atoms with E-state index in [2.05, 4.69) is 29.6 Å². The highest BCUT2D eigenvalue weighted by atomic mass is 16.5. The summed E-state index contributed by atoms with van der Waals surface area (Å²) in [5, 5.41) is 3.05. The number of aryl methyl sites for hydroxylation is 1. The van der Waals surface area contributed by atoms with E-state index in [1.807, 2.05) is 30.3 Å². The van der Waals surface area contributed by atoms with Gasteiger partial charge in [-0.3, -0.25) is 4.79 Å². The summed E-state index contributed by atoms with van der Waals surface area (Å²) >= 11 is 0. The third-order valence-electron chi connectivity index (χ3n) is 4.80. The van der Waals surface area contributed by atoms with E-state index in [1.54, 1.807) is 0 Å². The van der Waals surface area contributed by atoms with Crippen molar-refractivity contribution in [2.75, 3.05) is 11.9 Å². The summed E-state index contributed by atoms with van der Waals surface area (Å²) in [4.78, 5) is 12.3. The molecule has 1 amide bonds. The standard InChI is InChI=1S/C22H27NO2/c24-22(19-12-5-2-6-13-19)23-20-14-7-15-21(17-20)25-16-8-11-18-9-3-1-4-10-18/h1,3-4,7,9-10,14-15,17,19H,2,5-6,8,11-13,16H2,(H,23,24). The number of ether oxygens (including phenoxy) is 1. The number of carbonyl (C=O) groups is 1. The number of hydrogen-bond acceptors (Lipinski definition) is 2. The van der Waals surface area contributed by atoms with Gasteiger partial charge in [0.15, 0.2) is 0 Å². The molecule has 1 aliphatic rings. The lowest BCUT2D eigenvalue weighted by Crippen LogP contribution is -2.24. The molecule has 1 saturated carbocycles. The number of rotatable bonds is 7. The minimum absolute atomic E-state index is 0.154. The molecule has 3 heteroatoms. The average Bonchev–Trinajstić information content (AvgIpc) is 2.67. The molecule has 0 bridgehead atoms. The molecule has 132 valence electrons. The fourth-order valence-corrected chi connectivity index (χ4v) is 3.38. The Labute approximate surface area is 150 Å². The molecule has 0 aliphatic heterocycles. The Hall–Kier alpha value is -2.29. The number of nitrogens with one attached hydrogen (secondary N) is 1. The van der Waals surface area contributed by atoms with Gasteiger partial charge in [0.25, 0.3) is 0 Å². The van der Waals surface area contributed by atoms with Gasteiger partial charge in [0, 0.05) is 17.7 Å². The smallest absolute Gasteiger partial charge is 0.227 e. The van der Waals surface area contributed by atoms with E-state index in [4.69, 9.17) is 4.74 Å². The number of carbonyl (C=O) groups excluding carboxylic acids is 1. The van der Waals surface area contributed by atoms with E-state index < -0.39 is 0 Å². The summed E-state index contributed by atoms with van der Waals surface area (Å²) in [5.41, 5.74) is 2.16. The molecule has 1 N–H and O–H groups in total. The van der Waals surface area contributed by atoms with Crippen molar-refractivity contribution in [3.8, 4) is 5.75 Å². The van der Waals surface area contributed by atoms with Gasteiger partial charge in [0.1, 0.15) is 5.75 Å². The van der Waals surface area contributed by atoms with Crippen LogP contribution in [-0.2, 0) is 11.2 Å². The van der Waals surface area contributed by atoms with Crippen LogP contribution in [0.2, 0.25) is 0 Å². The van der Waals surface area contributed by atoms with E-state index in [0.717, 1.165) is 37.1 Å². The number of benzene rings is 2. The first-order chi connectivity index (χ1) is 12.3. The van der Waals surface area contributed by atoms with Crippen LogP contribution in [0.15, 0.2) is 54.6 Å². The molecule has 25 heavy (non-hydrogen) atoms. The summed E-state index contributed by atoms with van der Waals surface area (Å²) < 4.78 is 5.84. The number of hydrogen-bond donors (Lipinski definition) is 1. The van der Waals surface area contributed by atoms with Crippen LogP contribution in [-0.4, -0.2) is 12.5 Å². The summed E-state index contributed by atoms with van der Waals surface area (Å²) in [5.74, 6) is 1.14. The van der Waals surface area contributed by atoms with Crippen molar-refractivity contribution < 1.29 is 9.53 Å². The Morgan fingerprint density at radius 3 is 2.60 bits per heavy atom. The predicted octanol–water partition coefficient (Wildman–Crippen LogP) is 5.22. The first kappa shape index (κ1) is 17.5. The minimum Gasteiger partial charge on any atom is -0.494 e. The van der Waals surface area contributed by atoms with Crippen LogP contribution < -0.4 is 10.1 Å². The minimum atomic E-state index is 0.154. The van der Waals surface area contributed by atoms with Crippen LogP contribution in [0.3, 0.4) is 0 Å². The Kier molecular flexibility index (Phi) is 6.49. The molecular formula is C22H27NO2. The van der Waals surface area contributed by atoms with Crippen LogP contribution >= 0.6 is 0 Å². The molecule has 0 radical (unpaired) electrons. The molecule has 2 aromatic rings. The second-order valence-electron chi connectivity index (χ2n) is 6.79. The highest BCUT2D eigenvalue weighted by Crippen LogP contribution is 2.25. The van der Waals surface area contributed by atoms with Gasteiger partial charge in [-0.1, -0.05) is 55.7 Å². The van der Waals surface area contributed by atoms with E-state index in [-0.39, 0.29) is 11.8 Å². The van der Waals surface area contributed by atoms with Gasteiger partial charge in [-0.25, -0.2) is 0 Å². The van der Waals surface area contributed by atoms with Crippen molar-refractivity contribution in [3.63, 3.8) is 0 Å². The Balaban J connectivity index is 1.45. The fraction of sp³-hybridized carbons (Fsp3) is 0.409. The van der Waals surface area contributed by atoms with E-state index in [1.165, 1.54) is 24.8 Å². The van der Waals surface area contributed by atoms with E-state index >= 15 is 0 Å². The van der Waals surface area contributed by atoms with Gasteiger partial charge in [0.2, 0.25) is 5.91 Å². The van der Waals surface area contributed by atoms with Crippen molar-refractivity contribution in [1.29, 1.82) is 0 Å². The van der Waals surface area contributed by atoms with Crippen LogP contribution in [0, 0.1) is 5.92 Å². The molecule has 1 fully saturated rings. The average molecular weight is 337 g/mol. The van der Waals surface area contributed by atoms with E-state index in [0.29, 0.717) is 6.61 Å². The van der Waals surface area contributed by atoms with E-state index in [9.17, 15) is 4.79 Å². The normalized spacial score (nSPS) is 14.9. The first-order valence-corrected chi connectivity index (χ1v) is 9.39. The third-order valence-corrected chi connectivity index (χ3v) is 4.80. The van der Waals surface area contributed by atoms with Gasteiger partial charge < -0.3 is 10.1 Å². The van der Waals surface area contributed by atoms with Crippen LogP contribution in [0.4, 0.5) is 5.69 Å². The molecule has 2 aromatic carbocycles. The van der Waals surface area contributed by atoms with Crippen molar-refractivity contribution in [1.82, 2.24) is 0 Å². The molecule has 0 heterocycles. The zero-order valence-electron chi connectivity index (χ0n) is 14.7. The predicted molar refractivity (Wildman–Crippen MR) is 102 cm³/mol. The molecular weight excluding hydrogens is 310 g/mol.